The van der Waals surface area contributed by atoms with Crippen LogP contribution in [0.4, 0.5) is 11.5 Å². The molecule has 2 heterocycles. The number of hydrogen-bond acceptors (Lipinski definition) is 9. The Morgan fingerprint density at radius 3 is 2.28 bits per heavy atom. The SMILES string of the molecule is CCOc1ccc(-c2cc(N3CCN(C(=O)c4cc(OC)c(OC)cc4[N+](=O)[O-])CC3)ncn2)cc1. The van der Waals surface area contributed by atoms with Crippen molar-refractivity contribution in [3.8, 4) is 28.5 Å². The Hall–Kier alpha value is -4.41. The fourth-order valence-electron chi connectivity index (χ4n) is 4.07. The number of hydrogen-bond donors (Lipinski definition) is 0. The molecule has 0 bridgehead atoms. The first-order valence-corrected chi connectivity index (χ1v) is 11.4. The van der Waals surface area contributed by atoms with Crippen molar-refractivity contribution in [2.24, 2.45) is 0 Å². The van der Waals surface area contributed by atoms with Crippen molar-refractivity contribution in [2.45, 2.75) is 6.92 Å². The van der Waals surface area contributed by atoms with Gasteiger partial charge in [-0.15, -0.1) is 0 Å². The molecule has 1 amide bonds. The highest BCUT2D eigenvalue weighted by molar-refractivity contribution is 5.99. The van der Waals surface area contributed by atoms with E-state index in [1.165, 1.54) is 32.7 Å². The van der Waals surface area contributed by atoms with Crippen molar-refractivity contribution in [1.29, 1.82) is 0 Å². The molecule has 0 atom stereocenters. The number of benzene rings is 2. The van der Waals surface area contributed by atoms with Gasteiger partial charge in [0.2, 0.25) is 0 Å². The normalized spacial score (nSPS) is 13.3. The summed E-state index contributed by atoms with van der Waals surface area (Å²) in [6.45, 7) is 4.34. The van der Waals surface area contributed by atoms with E-state index >= 15 is 0 Å². The molecule has 0 unspecified atom stereocenters. The van der Waals surface area contributed by atoms with E-state index in [2.05, 4.69) is 14.9 Å². The van der Waals surface area contributed by atoms with Crippen LogP contribution in [0.2, 0.25) is 0 Å². The molecule has 4 rings (SSSR count). The number of nitro benzene ring substituents is 1. The number of methoxy groups -OCH3 is 2. The monoisotopic (exact) mass is 493 g/mol. The number of rotatable bonds is 8. The molecule has 11 nitrogen and oxygen atoms in total. The minimum absolute atomic E-state index is 0.0362. The standard InChI is InChI=1S/C25H27N5O6/c1-4-36-18-7-5-17(6-8-18)20-14-24(27-16-26-20)28-9-11-29(12-10-28)25(31)19-13-22(34-2)23(35-3)15-21(19)30(32)33/h5-8,13-16H,4,9-12H2,1-3H3. The van der Waals surface area contributed by atoms with Gasteiger partial charge in [0.15, 0.2) is 11.5 Å². The Morgan fingerprint density at radius 1 is 1.00 bits per heavy atom. The Kier molecular flexibility index (Phi) is 7.47. The highest BCUT2D eigenvalue weighted by Crippen LogP contribution is 2.35. The van der Waals surface area contributed by atoms with Gasteiger partial charge >= 0.3 is 0 Å². The van der Waals surface area contributed by atoms with Gasteiger partial charge in [-0.05, 0) is 31.2 Å². The Labute approximate surface area is 208 Å². The molecule has 3 aromatic rings. The Balaban J connectivity index is 1.48. The number of nitro groups is 1. The van der Waals surface area contributed by atoms with Crippen LogP contribution in [0.3, 0.4) is 0 Å². The zero-order valence-corrected chi connectivity index (χ0v) is 20.3. The second-order valence-electron chi connectivity index (χ2n) is 7.98. The van der Waals surface area contributed by atoms with E-state index < -0.39 is 10.8 Å². The van der Waals surface area contributed by atoms with Crippen molar-refractivity contribution >= 4 is 17.4 Å². The predicted molar refractivity (Wildman–Crippen MR) is 133 cm³/mol. The summed E-state index contributed by atoms with van der Waals surface area (Å²) in [6.07, 6.45) is 1.52. The Morgan fingerprint density at radius 2 is 1.67 bits per heavy atom. The number of amides is 1. The maximum atomic E-state index is 13.2. The minimum atomic E-state index is -0.589. The maximum absolute atomic E-state index is 13.2. The van der Waals surface area contributed by atoms with E-state index in [0.29, 0.717) is 32.8 Å². The van der Waals surface area contributed by atoms with Gasteiger partial charge in [0.05, 0.1) is 37.5 Å². The van der Waals surface area contributed by atoms with E-state index in [9.17, 15) is 14.9 Å². The molecule has 0 N–H and O–H groups in total. The molecule has 0 spiro atoms. The van der Waals surface area contributed by atoms with E-state index in [4.69, 9.17) is 14.2 Å². The lowest BCUT2D eigenvalue weighted by Crippen LogP contribution is -2.49. The number of piperazine rings is 1. The van der Waals surface area contributed by atoms with Crippen LogP contribution in [-0.2, 0) is 0 Å². The van der Waals surface area contributed by atoms with E-state index in [1.54, 1.807) is 4.90 Å². The summed E-state index contributed by atoms with van der Waals surface area (Å²) in [7, 11) is 2.80. The largest absolute Gasteiger partial charge is 0.494 e. The molecule has 11 heteroatoms. The number of carbonyl (C=O) groups is 1. The van der Waals surface area contributed by atoms with Gasteiger partial charge in [0.1, 0.15) is 23.5 Å². The summed E-state index contributed by atoms with van der Waals surface area (Å²) >= 11 is 0. The molecule has 1 aromatic heterocycles. The topological polar surface area (TPSA) is 120 Å². The zero-order chi connectivity index (χ0) is 25.7. The second-order valence-corrected chi connectivity index (χ2v) is 7.98. The lowest BCUT2D eigenvalue weighted by Gasteiger charge is -2.35. The van der Waals surface area contributed by atoms with Crippen LogP contribution in [0, 0.1) is 10.1 Å². The van der Waals surface area contributed by atoms with Crippen molar-refractivity contribution in [3.63, 3.8) is 0 Å². The quantitative estimate of drug-likeness (QED) is 0.343. The number of ether oxygens (including phenoxy) is 3. The van der Waals surface area contributed by atoms with Gasteiger partial charge in [-0.25, -0.2) is 9.97 Å². The van der Waals surface area contributed by atoms with Crippen molar-refractivity contribution in [2.75, 3.05) is 51.9 Å². The summed E-state index contributed by atoms with van der Waals surface area (Å²) in [5.74, 6) is 1.56. The molecule has 0 radical (unpaired) electrons. The van der Waals surface area contributed by atoms with Crippen molar-refractivity contribution in [1.82, 2.24) is 14.9 Å². The molecule has 1 aliphatic rings. The summed E-state index contributed by atoms with van der Waals surface area (Å²) < 4.78 is 15.9. The zero-order valence-electron chi connectivity index (χ0n) is 20.3. The van der Waals surface area contributed by atoms with E-state index in [1.807, 2.05) is 37.3 Å². The van der Waals surface area contributed by atoms with Crippen LogP contribution in [0.5, 0.6) is 17.2 Å². The molecule has 188 valence electrons. The summed E-state index contributed by atoms with van der Waals surface area (Å²) in [4.78, 5) is 36.7. The minimum Gasteiger partial charge on any atom is -0.494 e. The molecular formula is C25H27N5O6. The molecule has 1 aliphatic heterocycles. The van der Waals surface area contributed by atoms with Gasteiger partial charge in [-0.2, -0.15) is 0 Å². The number of nitrogens with zero attached hydrogens (tertiary/aromatic N) is 5. The van der Waals surface area contributed by atoms with E-state index in [0.717, 1.165) is 22.8 Å². The van der Waals surface area contributed by atoms with Gasteiger partial charge in [-0.3, -0.25) is 14.9 Å². The molecule has 2 aromatic carbocycles. The third kappa shape index (κ3) is 5.14. The van der Waals surface area contributed by atoms with Gasteiger partial charge in [-0.1, -0.05) is 0 Å². The van der Waals surface area contributed by atoms with Gasteiger partial charge in [0, 0.05) is 43.9 Å². The average molecular weight is 494 g/mol. The van der Waals surface area contributed by atoms with Crippen LogP contribution in [0.25, 0.3) is 11.3 Å². The predicted octanol–water partition coefficient (Wildman–Crippen LogP) is 3.43. The molecule has 0 aliphatic carbocycles. The molecule has 1 saturated heterocycles. The first kappa shape index (κ1) is 24.7. The van der Waals surface area contributed by atoms with Crippen LogP contribution in [-0.4, -0.2) is 72.7 Å². The number of carbonyl (C=O) groups excluding carboxylic acids is 1. The number of aromatic nitrogens is 2. The number of anilines is 1. The fourth-order valence-corrected chi connectivity index (χ4v) is 4.07. The fraction of sp³-hybridized carbons (Fsp3) is 0.320. The van der Waals surface area contributed by atoms with Crippen LogP contribution < -0.4 is 19.1 Å². The Bertz CT molecular complexity index is 1240. The third-order valence-corrected chi connectivity index (χ3v) is 5.93. The maximum Gasteiger partial charge on any atom is 0.286 e. The van der Waals surface area contributed by atoms with Gasteiger partial charge < -0.3 is 24.0 Å². The molecule has 36 heavy (non-hydrogen) atoms. The van der Waals surface area contributed by atoms with Gasteiger partial charge in [0.25, 0.3) is 11.6 Å². The van der Waals surface area contributed by atoms with Crippen LogP contribution in [0.15, 0.2) is 48.8 Å². The van der Waals surface area contributed by atoms with Crippen LogP contribution in [0.1, 0.15) is 17.3 Å². The average Bonchev–Trinajstić information content (AvgIpc) is 2.92. The first-order chi connectivity index (χ1) is 17.4. The third-order valence-electron chi connectivity index (χ3n) is 5.93. The summed E-state index contributed by atoms with van der Waals surface area (Å²) in [5, 5.41) is 11.6. The second kappa shape index (κ2) is 10.9. The first-order valence-electron chi connectivity index (χ1n) is 11.4. The highest BCUT2D eigenvalue weighted by atomic mass is 16.6. The highest BCUT2D eigenvalue weighted by Gasteiger charge is 2.30. The van der Waals surface area contributed by atoms with Crippen molar-refractivity contribution < 1.29 is 23.9 Å². The molecule has 0 saturated carbocycles. The smallest absolute Gasteiger partial charge is 0.286 e. The summed E-state index contributed by atoms with van der Waals surface area (Å²) in [6, 6.07) is 12.2. The molecular weight excluding hydrogens is 466 g/mol. The van der Waals surface area contributed by atoms with Crippen molar-refractivity contribution in [3.05, 3.63) is 64.5 Å². The summed E-state index contributed by atoms with van der Waals surface area (Å²) in [5.41, 5.74) is 1.36. The molecule has 1 fully saturated rings. The lowest BCUT2D eigenvalue weighted by atomic mass is 10.1. The lowest BCUT2D eigenvalue weighted by molar-refractivity contribution is -0.385. The van der Waals surface area contributed by atoms with E-state index in [-0.39, 0.29) is 22.7 Å². The van der Waals surface area contributed by atoms with Crippen LogP contribution >= 0.6 is 0 Å².